The molecule has 1 aliphatic rings. The summed E-state index contributed by atoms with van der Waals surface area (Å²) >= 11 is 5.88. The van der Waals surface area contributed by atoms with E-state index in [0.717, 1.165) is 35.3 Å². The van der Waals surface area contributed by atoms with Gasteiger partial charge in [-0.1, -0.05) is 12.1 Å². The molecule has 4 nitrogen and oxygen atoms in total. The smallest absolute Gasteiger partial charge is 0.154 e. The molecule has 1 saturated heterocycles. The lowest BCUT2D eigenvalue weighted by molar-refractivity contribution is 0.563. The Bertz CT molecular complexity index is 767. The van der Waals surface area contributed by atoms with Gasteiger partial charge in [0.2, 0.25) is 0 Å². The molecule has 0 spiro atoms. The number of alkyl halides is 1. The summed E-state index contributed by atoms with van der Waals surface area (Å²) in [6, 6.07) is 5.99. The number of halogens is 1. The Labute approximate surface area is 130 Å². The van der Waals surface area contributed by atoms with Gasteiger partial charge in [-0.25, -0.2) is 13.4 Å². The minimum Gasteiger partial charge on any atom is -0.326 e. The van der Waals surface area contributed by atoms with Gasteiger partial charge in [-0.2, -0.15) is 0 Å². The van der Waals surface area contributed by atoms with Crippen LogP contribution < -0.4 is 0 Å². The summed E-state index contributed by atoms with van der Waals surface area (Å²) in [6.07, 6.45) is 2.17. The van der Waals surface area contributed by atoms with Gasteiger partial charge in [-0.15, -0.1) is 11.6 Å². The van der Waals surface area contributed by atoms with Gasteiger partial charge < -0.3 is 4.57 Å². The zero-order chi connectivity index (χ0) is 15.0. The fourth-order valence-electron chi connectivity index (χ4n) is 3.15. The lowest BCUT2D eigenvalue weighted by Crippen LogP contribution is -2.23. The number of fused-ring (bicyclic) bond motifs is 1. The van der Waals surface area contributed by atoms with Crippen LogP contribution in [0.4, 0.5) is 0 Å². The lowest BCUT2D eigenvalue weighted by atomic mass is 10.2. The van der Waals surface area contributed by atoms with Crippen LogP contribution in [-0.4, -0.2) is 34.9 Å². The summed E-state index contributed by atoms with van der Waals surface area (Å²) in [5, 5.41) is -0.288. The average molecular weight is 327 g/mol. The van der Waals surface area contributed by atoms with Crippen molar-refractivity contribution in [3.63, 3.8) is 0 Å². The molecule has 0 amide bonds. The Hall–Kier alpha value is -1.07. The topological polar surface area (TPSA) is 52.0 Å². The molecule has 1 aromatic heterocycles. The van der Waals surface area contributed by atoms with Crippen molar-refractivity contribution in [2.75, 3.05) is 11.6 Å². The number of hydrogen-bond acceptors (Lipinski definition) is 3. The van der Waals surface area contributed by atoms with Crippen LogP contribution in [0.2, 0.25) is 0 Å². The van der Waals surface area contributed by atoms with Crippen molar-refractivity contribution in [3.8, 4) is 0 Å². The van der Waals surface area contributed by atoms with Crippen LogP contribution in [-0.2, 0) is 22.8 Å². The van der Waals surface area contributed by atoms with Crippen molar-refractivity contribution < 1.29 is 8.42 Å². The zero-order valence-electron chi connectivity index (χ0n) is 12.0. The van der Waals surface area contributed by atoms with Crippen LogP contribution in [0.15, 0.2) is 18.2 Å². The summed E-state index contributed by atoms with van der Waals surface area (Å²) in [7, 11) is -2.96. The van der Waals surface area contributed by atoms with E-state index in [9.17, 15) is 8.42 Å². The molecule has 1 fully saturated rings. The highest BCUT2D eigenvalue weighted by molar-refractivity contribution is 7.92. The maximum absolute atomic E-state index is 12.1. The molecule has 2 aromatic rings. The first-order chi connectivity index (χ1) is 10.0. The van der Waals surface area contributed by atoms with Crippen molar-refractivity contribution >= 4 is 32.5 Å². The van der Waals surface area contributed by atoms with E-state index in [1.165, 1.54) is 0 Å². The molecule has 6 heteroatoms. The number of sulfone groups is 1. The summed E-state index contributed by atoms with van der Waals surface area (Å²) in [6.45, 7) is 2.53. The van der Waals surface area contributed by atoms with Gasteiger partial charge in [0.1, 0.15) is 5.82 Å². The first kappa shape index (κ1) is 14.9. The molecule has 1 atom stereocenters. The van der Waals surface area contributed by atoms with Crippen molar-refractivity contribution in [1.82, 2.24) is 9.55 Å². The largest absolute Gasteiger partial charge is 0.326 e. The number of nitrogens with zero attached hydrogens (tertiary/aromatic N) is 2. The average Bonchev–Trinajstić information content (AvgIpc) is 2.93. The van der Waals surface area contributed by atoms with E-state index in [0.29, 0.717) is 24.6 Å². The molecule has 0 aliphatic carbocycles. The molecule has 1 unspecified atom stereocenters. The van der Waals surface area contributed by atoms with Crippen molar-refractivity contribution in [3.05, 3.63) is 29.6 Å². The van der Waals surface area contributed by atoms with E-state index in [-0.39, 0.29) is 5.25 Å². The first-order valence-corrected chi connectivity index (χ1v) is 9.50. The van der Waals surface area contributed by atoms with Gasteiger partial charge in [-0.3, -0.25) is 0 Å². The number of para-hydroxylation sites is 1. The van der Waals surface area contributed by atoms with E-state index in [4.69, 9.17) is 11.6 Å². The van der Waals surface area contributed by atoms with E-state index >= 15 is 0 Å². The summed E-state index contributed by atoms with van der Waals surface area (Å²) in [5.74, 6) is 1.69. The van der Waals surface area contributed by atoms with Gasteiger partial charge in [-0.05, 0) is 31.4 Å². The summed E-state index contributed by atoms with van der Waals surface area (Å²) in [5.41, 5.74) is 3.08. The third-order valence-electron chi connectivity index (χ3n) is 4.21. The second kappa shape index (κ2) is 5.61. The number of hydrogen-bond donors (Lipinski definition) is 0. The summed E-state index contributed by atoms with van der Waals surface area (Å²) < 4.78 is 26.3. The Balaban J connectivity index is 2.09. The molecule has 1 aromatic carbocycles. The first-order valence-electron chi connectivity index (χ1n) is 7.25. The Morgan fingerprint density at radius 2 is 2.24 bits per heavy atom. The number of aromatic nitrogens is 2. The maximum Gasteiger partial charge on any atom is 0.154 e. The molecule has 0 saturated carbocycles. The normalized spacial score (nSPS) is 21.1. The van der Waals surface area contributed by atoms with E-state index in [2.05, 4.69) is 9.55 Å². The van der Waals surface area contributed by atoms with Gasteiger partial charge in [0, 0.05) is 18.8 Å². The van der Waals surface area contributed by atoms with Crippen LogP contribution >= 0.6 is 11.6 Å². The van der Waals surface area contributed by atoms with Gasteiger partial charge in [0.15, 0.2) is 9.84 Å². The molecular weight excluding hydrogens is 308 g/mol. The molecule has 0 N–H and O–H groups in total. The Kier molecular flexibility index (Phi) is 3.97. The lowest BCUT2D eigenvalue weighted by Gasteiger charge is -2.14. The number of rotatable bonds is 4. The molecule has 21 heavy (non-hydrogen) atoms. The zero-order valence-corrected chi connectivity index (χ0v) is 13.6. The number of imidazole rings is 1. The van der Waals surface area contributed by atoms with Crippen LogP contribution in [0.25, 0.3) is 11.0 Å². The predicted molar refractivity (Wildman–Crippen MR) is 85.7 cm³/mol. The van der Waals surface area contributed by atoms with Crippen LogP contribution in [0.1, 0.15) is 24.2 Å². The second-order valence-corrected chi connectivity index (χ2v) is 8.43. The third kappa shape index (κ3) is 2.69. The van der Waals surface area contributed by atoms with Crippen molar-refractivity contribution in [1.29, 1.82) is 0 Å². The van der Waals surface area contributed by atoms with E-state index < -0.39 is 9.84 Å². The predicted octanol–water partition coefficient (Wildman–Crippen LogP) is 2.70. The molecule has 0 bridgehead atoms. The highest BCUT2D eigenvalue weighted by Gasteiger charge is 2.32. The highest BCUT2D eigenvalue weighted by atomic mass is 35.5. The van der Waals surface area contributed by atoms with Crippen LogP contribution in [0.3, 0.4) is 0 Å². The molecule has 0 radical (unpaired) electrons. The number of aryl methyl sites for hydroxylation is 2. The van der Waals surface area contributed by atoms with Gasteiger partial charge >= 0.3 is 0 Å². The molecule has 2 heterocycles. The fourth-order valence-corrected chi connectivity index (χ4v) is 5.13. The minimum absolute atomic E-state index is 0.288. The second-order valence-electron chi connectivity index (χ2n) is 5.65. The molecule has 3 rings (SSSR count). The molecule has 114 valence electrons. The fraction of sp³-hybridized carbons (Fsp3) is 0.533. The van der Waals surface area contributed by atoms with Crippen molar-refractivity contribution in [2.45, 2.75) is 38.0 Å². The van der Waals surface area contributed by atoms with Crippen LogP contribution in [0, 0.1) is 6.92 Å². The Morgan fingerprint density at radius 3 is 2.90 bits per heavy atom. The molecular formula is C15H19ClN2O2S. The third-order valence-corrected chi connectivity index (χ3v) is 6.66. The van der Waals surface area contributed by atoms with Gasteiger partial charge in [0.05, 0.1) is 22.0 Å². The van der Waals surface area contributed by atoms with Crippen LogP contribution in [0.5, 0.6) is 0 Å². The quantitative estimate of drug-likeness (QED) is 0.812. The summed E-state index contributed by atoms with van der Waals surface area (Å²) in [4.78, 5) is 4.64. The monoisotopic (exact) mass is 326 g/mol. The standard InChI is InChI=1S/C15H19ClN2O2S/c1-11-4-2-6-13-15(11)18(14(17-13)7-8-16)10-12-5-3-9-21(12,19)20/h2,4,6,12H,3,5,7-10H2,1H3. The number of benzene rings is 1. The SMILES string of the molecule is Cc1cccc2nc(CCCl)n(CC3CCCS3(=O)=O)c12. The minimum atomic E-state index is -2.96. The maximum atomic E-state index is 12.1. The highest BCUT2D eigenvalue weighted by Crippen LogP contribution is 2.26. The van der Waals surface area contributed by atoms with Crippen molar-refractivity contribution in [2.24, 2.45) is 0 Å². The van der Waals surface area contributed by atoms with Gasteiger partial charge in [0.25, 0.3) is 0 Å². The van der Waals surface area contributed by atoms with E-state index in [1.54, 1.807) is 0 Å². The molecule has 1 aliphatic heterocycles. The Morgan fingerprint density at radius 1 is 1.43 bits per heavy atom. The van der Waals surface area contributed by atoms with E-state index in [1.807, 2.05) is 25.1 Å².